The van der Waals surface area contributed by atoms with Crippen molar-refractivity contribution in [1.82, 2.24) is 4.57 Å². The highest BCUT2D eigenvalue weighted by Crippen LogP contribution is 2.32. The van der Waals surface area contributed by atoms with Crippen LogP contribution in [0.5, 0.6) is 5.75 Å². The second kappa shape index (κ2) is 6.33. The molecule has 2 aromatic heterocycles. The maximum Gasteiger partial charge on any atom is 0.270 e. The number of benzene rings is 1. The van der Waals surface area contributed by atoms with Crippen molar-refractivity contribution in [1.29, 1.82) is 0 Å². The Balaban J connectivity index is 2.03. The van der Waals surface area contributed by atoms with Gasteiger partial charge in [0.05, 0.1) is 4.88 Å². The zero-order valence-corrected chi connectivity index (χ0v) is 14.4. The molecule has 126 valence electrons. The fraction of sp³-hybridized carbons (Fsp3) is 0.200. The Hall–Kier alpha value is -2.66. The minimum absolute atomic E-state index is 0.119. The van der Waals surface area contributed by atoms with Crippen LogP contribution in [-0.2, 0) is 12.8 Å². The molecule has 0 aliphatic heterocycles. The Labute approximate surface area is 149 Å². The summed E-state index contributed by atoms with van der Waals surface area (Å²) in [5, 5.41) is 12.5. The van der Waals surface area contributed by atoms with E-state index in [1.807, 2.05) is 30.3 Å². The first-order chi connectivity index (χ1) is 12.2. The lowest BCUT2D eigenvalue weighted by molar-refractivity contribution is 0.103. The normalized spacial score (nSPS) is 13.4. The number of rotatable bonds is 3. The zero-order valence-electron chi connectivity index (χ0n) is 13.6. The van der Waals surface area contributed by atoms with E-state index in [0.29, 0.717) is 11.3 Å². The van der Waals surface area contributed by atoms with Gasteiger partial charge in [0.2, 0.25) is 5.78 Å². The summed E-state index contributed by atoms with van der Waals surface area (Å²) in [5.74, 6) is -0.541. The molecule has 0 saturated heterocycles. The highest BCUT2D eigenvalue weighted by atomic mass is 32.1. The minimum atomic E-state index is -0.442. The van der Waals surface area contributed by atoms with Crippen molar-refractivity contribution < 1.29 is 9.90 Å². The summed E-state index contributed by atoms with van der Waals surface area (Å²) in [7, 11) is 0. The van der Waals surface area contributed by atoms with Gasteiger partial charge in [-0.05, 0) is 49.3 Å². The number of nitrogens with zero attached hydrogens (tertiary/aromatic N) is 1. The molecule has 5 heteroatoms. The van der Waals surface area contributed by atoms with Crippen LogP contribution in [0.3, 0.4) is 0 Å². The molecule has 0 bridgehead atoms. The number of carbonyl (C=O) groups is 1. The zero-order chi connectivity index (χ0) is 17.4. The fourth-order valence-corrected chi connectivity index (χ4v) is 4.13. The molecule has 1 N–H and O–H groups in total. The molecule has 1 aromatic carbocycles. The smallest absolute Gasteiger partial charge is 0.270 e. The lowest BCUT2D eigenvalue weighted by Crippen LogP contribution is -2.30. The van der Waals surface area contributed by atoms with Gasteiger partial charge < -0.3 is 5.11 Å². The second-order valence-corrected chi connectivity index (χ2v) is 7.09. The van der Waals surface area contributed by atoms with Crippen molar-refractivity contribution >= 4 is 17.1 Å². The molecule has 0 fully saturated rings. The van der Waals surface area contributed by atoms with Gasteiger partial charge >= 0.3 is 0 Å². The van der Waals surface area contributed by atoms with Gasteiger partial charge in [0.1, 0.15) is 11.3 Å². The van der Waals surface area contributed by atoms with E-state index in [9.17, 15) is 14.7 Å². The van der Waals surface area contributed by atoms with Crippen LogP contribution in [0, 0.1) is 0 Å². The molecule has 2 heterocycles. The lowest BCUT2D eigenvalue weighted by Gasteiger charge is -2.23. The Kier molecular flexibility index (Phi) is 4.01. The van der Waals surface area contributed by atoms with E-state index in [4.69, 9.17) is 0 Å². The molecule has 1 aliphatic carbocycles. The van der Waals surface area contributed by atoms with Gasteiger partial charge in [-0.25, -0.2) is 0 Å². The standard InChI is InChI=1S/C20H17NO3S/c22-18-14-9-4-5-10-15(14)21(13-7-2-1-3-8-13)20(24)17(18)19(23)16-11-6-12-25-16/h1-3,6-8,11-12,22H,4-5,9-10H2. The summed E-state index contributed by atoms with van der Waals surface area (Å²) in [4.78, 5) is 26.5. The van der Waals surface area contributed by atoms with Crippen molar-refractivity contribution in [2.45, 2.75) is 25.7 Å². The number of ketones is 1. The van der Waals surface area contributed by atoms with Crippen LogP contribution in [-0.4, -0.2) is 15.5 Å². The average Bonchev–Trinajstić information content (AvgIpc) is 3.17. The predicted octanol–water partition coefficient (Wildman–Crippen LogP) is 3.71. The van der Waals surface area contributed by atoms with Crippen LogP contribution in [0.15, 0.2) is 52.6 Å². The number of fused-ring (bicyclic) bond motifs is 1. The van der Waals surface area contributed by atoms with Crippen LogP contribution in [0.1, 0.15) is 39.3 Å². The number of carbonyl (C=O) groups excluding carboxylic acids is 1. The lowest BCUT2D eigenvalue weighted by atomic mass is 9.92. The monoisotopic (exact) mass is 351 g/mol. The molecule has 25 heavy (non-hydrogen) atoms. The summed E-state index contributed by atoms with van der Waals surface area (Å²) < 4.78 is 1.61. The number of aromatic hydroxyl groups is 1. The number of hydrogen-bond donors (Lipinski definition) is 1. The van der Waals surface area contributed by atoms with E-state index >= 15 is 0 Å². The van der Waals surface area contributed by atoms with Crippen LogP contribution in [0.2, 0.25) is 0 Å². The summed E-state index contributed by atoms with van der Waals surface area (Å²) in [6.45, 7) is 0. The third kappa shape index (κ3) is 2.61. The fourth-order valence-electron chi connectivity index (χ4n) is 3.46. The van der Waals surface area contributed by atoms with Gasteiger partial charge in [-0.3, -0.25) is 14.2 Å². The maximum absolute atomic E-state index is 13.2. The molecular weight excluding hydrogens is 334 g/mol. The SMILES string of the molecule is O=C(c1cccs1)c1c(O)c2c(n(-c3ccccc3)c1=O)CCCC2. The van der Waals surface area contributed by atoms with Gasteiger partial charge in [0, 0.05) is 16.9 Å². The molecule has 1 aliphatic rings. The van der Waals surface area contributed by atoms with E-state index < -0.39 is 11.3 Å². The first kappa shape index (κ1) is 15.8. The van der Waals surface area contributed by atoms with Crippen LogP contribution in [0.4, 0.5) is 0 Å². The Morgan fingerprint density at radius 2 is 1.80 bits per heavy atom. The van der Waals surface area contributed by atoms with E-state index in [1.54, 1.807) is 22.1 Å². The van der Waals surface area contributed by atoms with Crippen molar-refractivity contribution in [3.05, 3.63) is 79.9 Å². The maximum atomic E-state index is 13.2. The van der Waals surface area contributed by atoms with Crippen LogP contribution >= 0.6 is 11.3 Å². The molecule has 0 radical (unpaired) electrons. The minimum Gasteiger partial charge on any atom is -0.507 e. The molecule has 4 nitrogen and oxygen atoms in total. The topological polar surface area (TPSA) is 59.3 Å². The van der Waals surface area contributed by atoms with Gasteiger partial charge in [0.25, 0.3) is 5.56 Å². The number of aromatic nitrogens is 1. The Bertz CT molecular complexity index is 988. The van der Waals surface area contributed by atoms with E-state index in [1.165, 1.54) is 11.3 Å². The third-order valence-electron chi connectivity index (χ3n) is 4.63. The number of hydrogen-bond acceptors (Lipinski definition) is 4. The molecule has 0 saturated carbocycles. The number of pyridine rings is 1. The van der Waals surface area contributed by atoms with Crippen LogP contribution < -0.4 is 5.56 Å². The van der Waals surface area contributed by atoms with Crippen molar-refractivity contribution in [2.24, 2.45) is 0 Å². The molecule has 0 unspecified atom stereocenters. The number of thiophene rings is 1. The second-order valence-electron chi connectivity index (χ2n) is 6.14. The summed E-state index contributed by atoms with van der Waals surface area (Å²) in [6.07, 6.45) is 3.32. The summed E-state index contributed by atoms with van der Waals surface area (Å²) in [5.41, 5.74) is 1.72. The largest absolute Gasteiger partial charge is 0.507 e. The summed E-state index contributed by atoms with van der Waals surface area (Å²) in [6, 6.07) is 12.8. The summed E-state index contributed by atoms with van der Waals surface area (Å²) >= 11 is 1.27. The average molecular weight is 351 g/mol. The van der Waals surface area contributed by atoms with Crippen molar-refractivity contribution in [3.8, 4) is 11.4 Å². The molecule has 4 rings (SSSR count). The van der Waals surface area contributed by atoms with E-state index in [-0.39, 0.29) is 11.3 Å². The first-order valence-electron chi connectivity index (χ1n) is 8.32. The highest BCUT2D eigenvalue weighted by Gasteiger charge is 2.28. The van der Waals surface area contributed by atoms with Gasteiger partial charge in [-0.15, -0.1) is 11.3 Å². The van der Waals surface area contributed by atoms with Crippen molar-refractivity contribution in [3.63, 3.8) is 0 Å². The first-order valence-corrected chi connectivity index (χ1v) is 9.20. The molecule has 0 spiro atoms. The van der Waals surface area contributed by atoms with E-state index in [0.717, 1.165) is 36.2 Å². The van der Waals surface area contributed by atoms with E-state index in [2.05, 4.69) is 0 Å². The highest BCUT2D eigenvalue weighted by molar-refractivity contribution is 7.12. The van der Waals surface area contributed by atoms with Crippen molar-refractivity contribution in [2.75, 3.05) is 0 Å². The molecule has 0 atom stereocenters. The Morgan fingerprint density at radius 1 is 1.04 bits per heavy atom. The van der Waals surface area contributed by atoms with Gasteiger partial charge in [0.15, 0.2) is 0 Å². The predicted molar refractivity (Wildman–Crippen MR) is 98.1 cm³/mol. The van der Waals surface area contributed by atoms with Gasteiger partial charge in [-0.1, -0.05) is 24.3 Å². The third-order valence-corrected chi connectivity index (χ3v) is 5.50. The van der Waals surface area contributed by atoms with Gasteiger partial charge in [-0.2, -0.15) is 0 Å². The molecular formula is C20H17NO3S. The Morgan fingerprint density at radius 3 is 2.52 bits per heavy atom. The quantitative estimate of drug-likeness (QED) is 0.732. The van der Waals surface area contributed by atoms with Crippen LogP contribution in [0.25, 0.3) is 5.69 Å². The molecule has 3 aromatic rings. The molecule has 0 amide bonds. The number of para-hydroxylation sites is 1.